The van der Waals surface area contributed by atoms with Crippen LogP contribution in [0.4, 0.5) is 0 Å². The van der Waals surface area contributed by atoms with Gasteiger partial charge in [-0.15, -0.1) is 0 Å². The summed E-state index contributed by atoms with van der Waals surface area (Å²) >= 11 is -0.639. The summed E-state index contributed by atoms with van der Waals surface area (Å²) in [6, 6.07) is 0. The van der Waals surface area contributed by atoms with Crippen LogP contribution in [0.15, 0.2) is 0 Å². The van der Waals surface area contributed by atoms with Crippen molar-refractivity contribution in [1.82, 2.24) is 0 Å². The Labute approximate surface area is 48.0 Å². The molecule has 0 aromatic rings. The standard InChI is InChI=1S/CH3.2ClH.Mg/h1H3;2*1H;/q;;;+2/p-2/i1D3;;;. The predicted molar refractivity (Wildman–Crippen MR) is 23.9 cm³/mol. The van der Waals surface area contributed by atoms with Crippen LogP contribution in [-0.2, 0) is 0 Å². The number of hydrogen-bond donors (Lipinski definition) is 0. The van der Waals surface area contributed by atoms with Gasteiger partial charge in [-0.2, -0.15) is 0 Å². The largest absolute Gasteiger partial charge is 0.618 e. The quantitative estimate of drug-likeness (QED) is 0.417. The van der Waals surface area contributed by atoms with Gasteiger partial charge >= 0.3 is 18.2 Å². The molecule has 0 N–H and O–H groups in total. The highest BCUT2D eigenvalue weighted by Crippen LogP contribution is 1.67. The smallest absolute Gasteiger partial charge is 0.309 e. The van der Waals surface area contributed by atoms with Crippen LogP contribution in [-0.4, -0.2) is 18.2 Å². The summed E-state index contributed by atoms with van der Waals surface area (Å²) in [5.74, 6) is 0. The fourth-order valence-electron chi connectivity index (χ4n) is 0. The second kappa shape index (κ2) is 8.84. The zero-order chi connectivity index (χ0) is 6.28. The molecule has 4 heavy (non-hydrogen) atoms. The van der Waals surface area contributed by atoms with Crippen LogP contribution in [0.3, 0.4) is 0 Å². The van der Waals surface area contributed by atoms with E-state index in [4.69, 9.17) is 22.3 Å². The molecule has 0 unspecified atom stereocenters. The predicted octanol–water partition coefficient (Wildman–Crippen LogP) is 1.45. The summed E-state index contributed by atoms with van der Waals surface area (Å²) in [5, 5.41) is 0. The molecule has 0 aromatic heterocycles. The van der Waals surface area contributed by atoms with Gasteiger partial charge in [-0.05, 0) is 0 Å². The molecule has 0 saturated heterocycles. The average Bonchev–Trinajstić information content (AvgIpc) is 1.33. The summed E-state index contributed by atoms with van der Waals surface area (Å²) in [4.78, 5) is 0. The van der Waals surface area contributed by atoms with Crippen molar-refractivity contribution < 1.29 is 4.11 Å². The Kier molecular flexibility index (Phi) is 5.54. The fraction of sp³-hybridized carbons (Fsp3) is 0. The van der Waals surface area contributed by atoms with E-state index in [0.717, 1.165) is 0 Å². The molecule has 0 aliphatic rings. The topological polar surface area (TPSA) is 0 Å². The van der Waals surface area contributed by atoms with Gasteiger partial charge in [0.05, 0.1) is 0 Å². The van der Waals surface area contributed by atoms with Gasteiger partial charge in [-0.3, -0.25) is 0 Å². The molecular weight excluding hydrogens is 107 g/mol. The Morgan fingerprint density at radius 2 is 2.00 bits per heavy atom. The van der Waals surface area contributed by atoms with Crippen LogP contribution in [0.1, 0.15) is 4.11 Å². The van der Waals surface area contributed by atoms with Crippen molar-refractivity contribution in [1.29, 1.82) is 0 Å². The molecular formula is CH3Cl2Mg. The van der Waals surface area contributed by atoms with E-state index >= 15 is 0 Å². The zero-order valence-electron chi connectivity index (χ0n) is 4.96. The monoisotopic (exact) mass is 112 g/mol. The molecule has 0 fully saturated rings. The lowest BCUT2D eigenvalue weighted by Gasteiger charge is -1.33. The number of rotatable bonds is 0. The molecule has 0 spiro atoms. The summed E-state index contributed by atoms with van der Waals surface area (Å²) in [5.41, 5.74) is 0. The van der Waals surface area contributed by atoms with Gasteiger partial charge in [-0.1, -0.05) is 7.35 Å². The maximum atomic E-state index is 5.83. The van der Waals surface area contributed by atoms with Gasteiger partial charge in [0.2, 0.25) is 0 Å². The van der Waals surface area contributed by atoms with Crippen LogP contribution in [0.2, 0.25) is 0 Å². The van der Waals surface area contributed by atoms with E-state index in [1.54, 1.807) is 0 Å². The highest BCUT2D eigenvalue weighted by atomic mass is 35.6. The molecule has 0 nitrogen and oxygen atoms in total. The fourth-order valence-corrected chi connectivity index (χ4v) is 0. The Morgan fingerprint density at radius 1 is 2.00 bits per heavy atom. The van der Waals surface area contributed by atoms with E-state index < -0.39 is 25.5 Å². The van der Waals surface area contributed by atoms with Crippen molar-refractivity contribution in [3.63, 3.8) is 0 Å². The maximum absolute atomic E-state index is 5.83. The summed E-state index contributed by atoms with van der Waals surface area (Å²) in [6.07, 6.45) is 0. The van der Waals surface area contributed by atoms with Crippen LogP contribution < -0.4 is 0 Å². The second-order valence-electron chi connectivity index (χ2n) is 0.101. The first-order valence-electron chi connectivity index (χ1n) is 2.03. The minimum absolute atomic E-state index is 0.639. The minimum atomic E-state index is -0.833. The van der Waals surface area contributed by atoms with Crippen molar-refractivity contribution in [3.8, 4) is 0 Å². The van der Waals surface area contributed by atoms with E-state index in [1.807, 2.05) is 0 Å². The second-order valence-corrected chi connectivity index (χ2v) is 2.73. The normalized spacial score (nSPS) is 12.2. The van der Waals surface area contributed by atoms with E-state index in [1.165, 1.54) is 0 Å². The van der Waals surface area contributed by atoms with E-state index in [2.05, 4.69) is 0 Å². The van der Waals surface area contributed by atoms with Crippen LogP contribution in [0.25, 0.3) is 0 Å². The van der Waals surface area contributed by atoms with Crippen LogP contribution in [0, 0.1) is 7.35 Å². The third-order valence-electron chi connectivity index (χ3n) is 0. The molecule has 0 aliphatic carbocycles. The van der Waals surface area contributed by atoms with Gasteiger partial charge < -0.3 is 18.1 Å². The van der Waals surface area contributed by atoms with E-state index in [-0.39, 0.29) is 0 Å². The first kappa shape index (κ1) is 2.51. The lowest BCUT2D eigenvalue weighted by Crippen LogP contribution is -1.36. The minimum Gasteiger partial charge on any atom is -0.309 e. The van der Waals surface area contributed by atoms with E-state index in [0.29, 0.717) is 0 Å². The number of hydrogen-bond acceptors (Lipinski definition) is 0. The van der Waals surface area contributed by atoms with Gasteiger partial charge in [0, 0.05) is 4.11 Å². The molecule has 0 bridgehead atoms. The summed E-state index contributed by atoms with van der Waals surface area (Å²) < 4.78 is 17.5. The SMILES string of the molecule is [2H][C]([2H])[2H].[Cl][Mg][Cl]. The molecule has 0 aromatic carbocycles. The van der Waals surface area contributed by atoms with Crippen molar-refractivity contribution >= 4 is 36.3 Å². The van der Waals surface area contributed by atoms with Crippen molar-refractivity contribution in [2.45, 2.75) is 0 Å². The average molecular weight is 113 g/mol. The Morgan fingerprint density at radius 3 is 2.00 bits per heavy atom. The maximum Gasteiger partial charge on any atom is 0.618 e. The van der Waals surface area contributed by atoms with Crippen molar-refractivity contribution in [2.24, 2.45) is 0 Å². The van der Waals surface area contributed by atoms with Crippen molar-refractivity contribution in [2.75, 3.05) is 0 Å². The Balaban J connectivity index is 0. The molecule has 1 radical (unpaired) electrons. The molecule has 0 amide bonds. The molecule has 3 heteroatoms. The Hall–Kier alpha value is 1.35. The zero-order valence-corrected chi connectivity index (χ0v) is 4.89. The van der Waals surface area contributed by atoms with E-state index in [9.17, 15) is 0 Å². The third kappa shape index (κ3) is 10.2. The lowest BCUT2D eigenvalue weighted by atomic mass is 12.0. The van der Waals surface area contributed by atoms with Gasteiger partial charge in [-0.25, -0.2) is 0 Å². The molecule has 23 valence electrons. The molecule has 0 saturated carbocycles. The molecule has 0 rings (SSSR count). The summed E-state index contributed by atoms with van der Waals surface area (Å²) in [7, 11) is 8.97. The van der Waals surface area contributed by atoms with Gasteiger partial charge in [0.1, 0.15) is 0 Å². The third-order valence-corrected chi connectivity index (χ3v) is 0. The highest BCUT2D eigenvalue weighted by molar-refractivity contribution is 7.22. The number of halogens is 2. The lowest BCUT2D eigenvalue weighted by molar-refractivity contribution is 3.24. The first-order chi connectivity index (χ1) is 3.15. The molecule has 0 aliphatic heterocycles. The summed E-state index contributed by atoms with van der Waals surface area (Å²) in [6.45, 7) is 0. The van der Waals surface area contributed by atoms with Crippen LogP contribution in [0.5, 0.6) is 0 Å². The van der Waals surface area contributed by atoms with Gasteiger partial charge in [0.15, 0.2) is 0 Å². The molecule has 0 atom stereocenters. The Bertz CT molecular complexity index is 24.1. The van der Waals surface area contributed by atoms with Crippen molar-refractivity contribution in [3.05, 3.63) is 7.35 Å². The van der Waals surface area contributed by atoms with Crippen LogP contribution >= 0.6 is 18.1 Å². The molecule has 0 heterocycles. The first-order valence-corrected chi connectivity index (χ1v) is 4.81. The van der Waals surface area contributed by atoms with Gasteiger partial charge in [0.25, 0.3) is 0 Å². The highest BCUT2D eigenvalue weighted by Gasteiger charge is 1.64.